The molecule has 0 rings (SSSR count). The van der Waals surface area contributed by atoms with E-state index in [1.54, 1.807) is 41.5 Å². The first kappa shape index (κ1) is 31.1. The second-order valence-electron chi connectivity index (χ2n) is 9.84. The van der Waals surface area contributed by atoms with Gasteiger partial charge < -0.3 is 24.1 Å². The van der Waals surface area contributed by atoms with E-state index >= 15 is 0 Å². The van der Waals surface area contributed by atoms with Crippen molar-refractivity contribution < 1.29 is 33.6 Å². The molecule has 0 aromatic heterocycles. The number of carbonyl (C=O) groups excluding carboxylic acids is 2. The highest BCUT2D eigenvalue weighted by Crippen LogP contribution is 2.17. The topological polar surface area (TPSA) is 128 Å². The molecule has 0 aliphatic carbocycles. The van der Waals surface area contributed by atoms with Gasteiger partial charge in [-0.1, -0.05) is 26.2 Å². The second kappa shape index (κ2) is 15.1. The number of guanidine groups is 1. The first-order chi connectivity index (χ1) is 15.2. The molecule has 0 saturated heterocycles. The van der Waals surface area contributed by atoms with Crippen LogP contribution < -0.4 is 10.6 Å². The molecule has 0 aliphatic rings. The standard InChI is InChI=1S/C23H45N3O7/c1-10-11-12-13-16(17(27)14-15-18(30-8)31-9)24-19(25-20(28)32-22(2,3)4)26-21(29)33-23(5,6)7/h16-18,27H,10-15H2,1-9H3,(H2,24,25,26,28,29)/t16-,17+/m0/s1. The lowest BCUT2D eigenvalue weighted by Crippen LogP contribution is -2.48. The van der Waals surface area contributed by atoms with Crippen LogP contribution in [0.25, 0.3) is 0 Å². The van der Waals surface area contributed by atoms with Crippen LogP contribution in [0.15, 0.2) is 4.99 Å². The number of nitrogens with zero attached hydrogens (tertiary/aromatic N) is 1. The van der Waals surface area contributed by atoms with Gasteiger partial charge in [-0.25, -0.2) is 14.6 Å². The van der Waals surface area contributed by atoms with Crippen molar-refractivity contribution in [3.05, 3.63) is 0 Å². The Labute approximate surface area is 198 Å². The average Bonchev–Trinajstić information content (AvgIpc) is 2.64. The molecule has 2 amide bonds. The van der Waals surface area contributed by atoms with E-state index in [0.717, 1.165) is 19.3 Å². The van der Waals surface area contributed by atoms with Gasteiger partial charge in [0.25, 0.3) is 0 Å². The number of nitrogens with one attached hydrogen (secondary N) is 2. The predicted molar refractivity (Wildman–Crippen MR) is 127 cm³/mol. The van der Waals surface area contributed by atoms with Gasteiger partial charge in [-0.05, 0) is 54.4 Å². The number of alkyl carbamates (subject to hydrolysis) is 2. The number of aliphatic hydroxyl groups excluding tert-OH is 1. The average molecular weight is 476 g/mol. The molecule has 0 aliphatic heterocycles. The van der Waals surface area contributed by atoms with Crippen LogP contribution in [0.2, 0.25) is 0 Å². The van der Waals surface area contributed by atoms with Crippen molar-refractivity contribution in [1.29, 1.82) is 0 Å². The van der Waals surface area contributed by atoms with Crippen LogP contribution in [-0.4, -0.2) is 67.1 Å². The highest BCUT2D eigenvalue weighted by Gasteiger charge is 2.25. The molecule has 10 nitrogen and oxygen atoms in total. The monoisotopic (exact) mass is 475 g/mol. The highest BCUT2D eigenvalue weighted by atomic mass is 16.7. The summed E-state index contributed by atoms with van der Waals surface area (Å²) in [5.41, 5.74) is -1.48. The zero-order chi connectivity index (χ0) is 25.7. The maximum Gasteiger partial charge on any atom is 0.414 e. The summed E-state index contributed by atoms with van der Waals surface area (Å²) in [6.45, 7) is 12.4. The Balaban J connectivity index is 5.69. The second-order valence-corrected chi connectivity index (χ2v) is 9.84. The van der Waals surface area contributed by atoms with E-state index in [4.69, 9.17) is 18.9 Å². The molecule has 0 radical (unpaired) electrons. The third kappa shape index (κ3) is 16.4. The minimum Gasteiger partial charge on any atom is -0.444 e. The van der Waals surface area contributed by atoms with Gasteiger partial charge in [0.1, 0.15) is 11.2 Å². The molecular formula is C23H45N3O7. The van der Waals surface area contributed by atoms with Crippen molar-refractivity contribution in [3.8, 4) is 0 Å². The Morgan fingerprint density at radius 1 is 0.848 bits per heavy atom. The smallest absolute Gasteiger partial charge is 0.414 e. The van der Waals surface area contributed by atoms with E-state index < -0.39 is 41.8 Å². The lowest BCUT2D eigenvalue weighted by Gasteiger charge is -2.25. The van der Waals surface area contributed by atoms with Crippen LogP contribution in [0.4, 0.5) is 9.59 Å². The van der Waals surface area contributed by atoms with Gasteiger partial charge >= 0.3 is 12.2 Å². The molecule has 0 saturated carbocycles. The number of rotatable bonds is 11. The summed E-state index contributed by atoms with van der Waals surface area (Å²) < 4.78 is 20.9. The summed E-state index contributed by atoms with van der Waals surface area (Å²) in [7, 11) is 3.07. The minimum absolute atomic E-state index is 0.144. The summed E-state index contributed by atoms with van der Waals surface area (Å²) >= 11 is 0. The minimum atomic E-state index is -0.842. The number of unbranched alkanes of at least 4 members (excludes halogenated alkanes) is 2. The van der Waals surface area contributed by atoms with E-state index in [2.05, 4.69) is 22.5 Å². The van der Waals surface area contributed by atoms with E-state index in [1.165, 1.54) is 14.2 Å². The van der Waals surface area contributed by atoms with E-state index in [1.807, 2.05) is 0 Å². The number of aliphatic hydroxyl groups is 1. The van der Waals surface area contributed by atoms with Gasteiger partial charge in [-0.15, -0.1) is 0 Å². The van der Waals surface area contributed by atoms with E-state index in [-0.39, 0.29) is 5.96 Å². The zero-order valence-electron chi connectivity index (χ0n) is 21.8. The van der Waals surface area contributed by atoms with Crippen molar-refractivity contribution in [3.63, 3.8) is 0 Å². The molecule has 0 heterocycles. The van der Waals surface area contributed by atoms with Gasteiger partial charge in [0, 0.05) is 20.6 Å². The number of carbonyl (C=O) groups is 2. The van der Waals surface area contributed by atoms with Crippen molar-refractivity contribution in [1.82, 2.24) is 10.6 Å². The van der Waals surface area contributed by atoms with Gasteiger partial charge in [0.2, 0.25) is 5.96 Å². The van der Waals surface area contributed by atoms with Crippen LogP contribution in [-0.2, 0) is 18.9 Å². The number of aliphatic imine (C=N–C) groups is 1. The number of hydrogen-bond acceptors (Lipinski definition) is 8. The van der Waals surface area contributed by atoms with Crippen LogP contribution in [0.5, 0.6) is 0 Å². The Hall–Kier alpha value is -1.91. The fraction of sp³-hybridized carbons (Fsp3) is 0.870. The summed E-state index contributed by atoms with van der Waals surface area (Å²) in [6.07, 6.45) is 1.33. The van der Waals surface area contributed by atoms with Crippen molar-refractivity contribution in [2.75, 3.05) is 14.2 Å². The lowest BCUT2D eigenvalue weighted by atomic mass is 10.00. The normalized spacial score (nSPS) is 13.8. The van der Waals surface area contributed by atoms with Crippen LogP contribution in [0.1, 0.15) is 87.0 Å². The molecule has 0 aromatic rings. The highest BCUT2D eigenvalue weighted by molar-refractivity contribution is 6.01. The number of hydrogen-bond donors (Lipinski definition) is 3. The summed E-state index contributed by atoms with van der Waals surface area (Å²) in [5.74, 6) is -0.144. The van der Waals surface area contributed by atoms with Crippen LogP contribution >= 0.6 is 0 Å². The van der Waals surface area contributed by atoms with Crippen molar-refractivity contribution in [2.24, 2.45) is 4.99 Å². The van der Waals surface area contributed by atoms with Gasteiger partial charge in [-0.3, -0.25) is 10.6 Å². The molecule has 2 atom stereocenters. The number of amides is 2. The third-order valence-corrected chi connectivity index (χ3v) is 4.31. The molecule has 194 valence electrons. The molecular weight excluding hydrogens is 430 g/mol. The first-order valence-corrected chi connectivity index (χ1v) is 11.5. The lowest BCUT2D eigenvalue weighted by molar-refractivity contribution is -0.111. The SMILES string of the molecule is CCCCC[C@H](N=C(NC(=O)OC(C)(C)C)NC(=O)OC(C)(C)C)[C@H](O)CCC(OC)OC. The molecule has 0 bridgehead atoms. The molecule has 33 heavy (non-hydrogen) atoms. The maximum absolute atomic E-state index is 12.3. The number of methoxy groups -OCH3 is 2. The molecule has 0 aromatic carbocycles. The first-order valence-electron chi connectivity index (χ1n) is 11.5. The summed E-state index contributed by atoms with van der Waals surface area (Å²) in [5, 5.41) is 15.8. The van der Waals surface area contributed by atoms with E-state index in [9.17, 15) is 14.7 Å². The maximum atomic E-state index is 12.3. The quantitative estimate of drug-likeness (QED) is 0.178. The summed E-state index contributed by atoms with van der Waals surface area (Å²) in [4.78, 5) is 29.2. The third-order valence-electron chi connectivity index (χ3n) is 4.31. The molecule has 0 fully saturated rings. The molecule has 10 heteroatoms. The Kier molecular flexibility index (Phi) is 14.2. The van der Waals surface area contributed by atoms with Crippen molar-refractivity contribution in [2.45, 2.75) is 117 Å². The molecule has 3 N–H and O–H groups in total. The number of ether oxygens (including phenoxy) is 4. The molecule has 0 spiro atoms. The fourth-order valence-electron chi connectivity index (χ4n) is 2.84. The van der Waals surface area contributed by atoms with Gasteiger partial charge in [0.15, 0.2) is 6.29 Å². The van der Waals surface area contributed by atoms with Gasteiger partial charge in [-0.2, -0.15) is 0 Å². The Morgan fingerprint density at radius 3 is 1.73 bits per heavy atom. The van der Waals surface area contributed by atoms with E-state index in [0.29, 0.717) is 19.3 Å². The van der Waals surface area contributed by atoms with Gasteiger partial charge in [0.05, 0.1) is 12.1 Å². The van der Waals surface area contributed by atoms with Crippen LogP contribution in [0.3, 0.4) is 0 Å². The predicted octanol–water partition coefficient (Wildman–Crippen LogP) is 4.10. The zero-order valence-corrected chi connectivity index (χ0v) is 21.8. The Bertz CT molecular complexity index is 576. The van der Waals surface area contributed by atoms with Crippen molar-refractivity contribution >= 4 is 18.1 Å². The van der Waals surface area contributed by atoms with Crippen LogP contribution in [0, 0.1) is 0 Å². The fourth-order valence-corrected chi connectivity index (χ4v) is 2.84. The molecule has 0 unspecified atom stereocenters. The summed E-state index contributed by atoms with van der Waals surface area (Å²) in [6, 6.07) is -0.578. The Morgan fingerprint density at radius 2 is 1.33 bits per heavy atom. The largest absolute Gasteiger partial charge is 0.444 e.